The molecule has 0 N–H and O–H groups in total. The molecule has 11 heavy (non-hydrogen) atoms. The van der Waals surface area contributed by atoms with Gasteiger partial charge in [0, 0.05) is 5.88 Å². The van der Waals surface area contributed by atoms with Gasteiger partial charge in [-0.3, -0.25) is 0 Å². The highest BCUT2D eigenvalue weighted by Crippen LogP contribution is 2.25. The summed E-state index contributed by atoms with van der Waals surface area (Å²) in [5.74, 6) is 0.720. The van der Waals surface area contributed by atoms with E-state index in [-0.39, 0.29) is 5.60 Å². The van der Waals surface area contributed by atoms with Crippen LogP contribution in [-0.2, 0) is 4.43 Å². The number of halogens is 1. The minimum Gasteiger partial charge on any atom is -0.413 e. The molecule has 65 valence electrons. The Morgan fingerprint density at radius 1 is 1.36 bits per heavy atom. The summed E-state index contributed by atoms with van der Waals surface area (Å²) >= 11 is 5.61. The summed E-state index contributed by atoms with van der Waals surface area (Å²) in [6.07, 6.45) is 4.12. The number of rotatable bonds is 6. The molecule has 3 heteroatoms. The average Bonchev–Trinajstić information content (AvgIpc) is 2.08. The predicted molar refractivity (Wildman–Crippen MR) is 50.1 cm³/mol. The van der Waals surface area contributed by atoms with Crippen LogP contribution in [0, 0.1) is 0 Å². The number of hydrogen-bond donors (Lipinski definition) is 0. The third-order valence-corrected chi connectivity index (χ3v) is 2.97. The fourth-order valence-corrected chi connectivity index (χ4v) is 1.71. The minimum atomic E-state index is 0.00573. The van der Waals surface area contributed by atoms with Crippen LogP contribution in [0.4, 0.5) is 0 Å². The Balaban J connectivity index is 3.84. The molecule has 0 saturated carbocycles. The molecule has 0 aromatic heterocycles. The normalized spacial score (nSPS) is 12.0. The van der Waals surface area contributed by atoms with Crippen LogP contribution in [0.25, 0.3) is 0 Å². The molecule has 0 rings (SSSR count). The molecule has 0 aliphatic heterocycles. The van der Waals surface area contributed by atoms with E-state index in [1.54, 1.807) is 0 Å². The highest BCUT2D eigenvalue weighted by molar-refractivity contribution is 6.17. The molecule has 0 bridgehead atoms. The first-order chi connectivity index (χ1) is 5.24. The average molecular weight is 192 g/mol. The van der Waals surface area contributed by atoms with E-state index in [2.05, 4.69) is 24.3 Å². The first-order valence-electron chi connectivity index (χ1n) is 4.15. The third-order valence-electron chi connectivity index (χ3n) is 2.27. The molecular weight excluding hydrogens is 176 g/mol. The van der Waals surface area contributed by atoms with E-state index in [1.165, 1.54) is 0 Å². The van der Waals surface area contributed by atoms with Gasteiger partial charge >= 0.3 is 0 Å². The quantitative estimate of drug-likeness (QED) is 0.464. The molecule has 1 nitrogen and oxygen atoms in total. The summed E-state index contributed by atoms with van der Waals surface area (Å²) in [6.45, 7) is 4.27. The summed E-state index contributed by atoms with van der Waals surface area (Å²) in [7, 11) is 3.13. The van der Waals surface area contributed by atoms with E-state index in [9.17, 15) is 0 Å². The molecule has 0 saturated heterocycles. The van der Waals surface area contributed by atoms with E-state index in [4.69, 9.17) is 16.0 Å². The molecular formula is C8H16ClOSi. The molecule has 0 amide bonds. The lowest BCUT2D eigenvalue weighted by molar-refractivity contribution is 0.0608. The number of alkyl halides is 1. The van der Waals surface area contributed by atoms with Crippen molar-refractivity contribution < 1.29 is 4.43 Å². The molecule has 0 aliphatic rings. The summed E-state index contributed by atoms with van der Waals surface area (Å²) in [5.41, 5.74) is 0.00573. The molecule has 0 heterocycles. The van der Waals surface area contributed by atoms with E-state index in [0.717, 1.165) is 31.6 Å². The minimum absolute atomic E-state index is 0.00573. The van der Waals surface area contributed by atoms with Crippen LogP contribution in [0.1, 0.15) is 39.5 Å². The van der Waals surface area contributed by atoms with Crippen LogP contribution in [0.5, 0.6) is 0 Å². The highest BCUT2D eigenvalue weighted by Gasteiger charge is 2.23. The topological polar surface area (TPSA) is 9.23 Å². The Labute approximate surface area is 78.0 Å². The van der Waals surface area contributed by atoms with Crippen molar-refractivity contribution >= 4 is 22.1 Å². The SMILES string of the molecule is CCC(CC)(CCCCl)O[Si]. The summed E-state index contributed by atoms with van der Waals surface area (Å²) in [5, 5.41) is 0. The summed E-state index contributed by atoms with van der Waals surface area (Å²) < 4.78 is 5.29. The van der Waals surface area contributed by atoms with Crippen molar-refractivity contribution in [2.45, 2.75) is 45.1 Å². The molecule has 0 unspecified atom stereocenters. The van der Waals surface area contributed by atoms with Gasteiger partial charge in [0.25, 0.3) is 0 Å². The lowest BCUT2D eigenvalue weighted by Gasteiger charge is -2.30. The zero-order valence-electron chi connectivity index (χ0n) is 7.32. The third kappa shape index (κ3) is 3.59. The van der Waals surface area contributed by atoms with Gasteiger partial charge in [0.1, 0.15) is 0 Å². The fraction of sp³-hybridized carbons (Fsp3) is 1.00. The van der Waals surface area contributed by atoms with Crippen molar-refractivity contribution in [2.75, 3.05) is 5.88 Å². The van der Waals surface area contributed by atoms with Crippen molar-refractivity contribution in [3.8, 4) is 0 Å². The van der Waals surface area contributed by atoms with E-state index < -0.39 is 0 Å². The van der Waals surface area contributed by atoms with Crippen molar-refractivity contribution in [1.82, 2.24) is 0 Å². The molecule has 0 aromatic carbocycles. The Morgan fingerprint density at radius 3 is 2.18 bits per heavy atom. The van der Waals surface area contributed by atoms with Crippen LogP contribution >= 0.6 is 11.6 Å². The zero-order valence-corrected chi connectivity index (χ0v) is 9.08. The molecule has 0 fully saturated rings. The van der Waals surface area contributed by atoms with Gasteiger partial charge in [-0.15, -0.1) is 11.6 Å². The molecule has 0 aliphatic carbocycles. The first kappa shape index (κ1) is 11.5. The van der Waals surface area contributed by atoms with Crippen molar-refractivity contribution in [3.05, 3.63) is 0 Å². The maximum Gasteiger partial charge on any atom is 0.247 e. The Hall–Kier alpha value is 0.467. The number of hydrogen-bond acceptors (Lipinski definition) is 1. The van der Waals surface area contributed by atoms with E-state index in [0.29, 0.717) is 0 Å². The van der Waals surface area contributed by atoms with Gasteiger partial charge in [-0.1, -0.05) is 13.8 Å². The zero-order chi connectivity index (χ0) is 8.74. The Morgan fingerprint density at radius 2 is 1.91 bits per heavy atom. The second kappa shape index (κ2) is 6.04. The van der Waals surface area contributed by atoms with Gasteiger partial charge in [-0.05, 0) is 25.7 Å². The second-order valence-electron chi connectivity index (χ2n) is 2.78. The maximum absolute atomic E-state index is 5.61. The lowest BCUT2D eigenvalue weighted by Crippen LogP contribution is -2.30. The van der Waals surface area contributed by atoms with Gasteiger partial charge in [-0.2, -0.15) is 0 Å². The first-order valence-corrected chi connectivity index (χ1v) is 5.09. The van der Waals surface area contributed by atoms with Gasteiger partial charge in [0.15, 0.2) is 0 Å². The Bertz CT molecular complexity index is 85.8. The lowest BCUT2D eigenvalue weighted by atomic mass is 9.92. The Kier molecular flexibility index (Phi) is 6.29. The fourth-order valence-electron chi connectivity index (χ4n) is 1.19. The maximum atomic E-state index is 5.61. The highest BCUT2D eigenvalue weighted by atomic mass is 35.5. The molecule has 0 aromatic rings. The predicted octanol–water partition coefficient (Wildman–Crippen LogP) is 2.66. The largest absolute Gasteiger partial charge is 0.413 e. The monoisotopic (exact) mass is 191 g/mol. The summed E-state index contributed by atoms with van der Waals surface area (Å²) in [4.78, 5) is 0. The van der Waals surface area contributed by atoms with E-state index in [1.807, 2.05) is 0 Å². The van der Waals surface area contributed by atoms with Gasteiger partial charge in [0.2, 0.25) is 10.5 Å². The standard InChI is InChI=1S/C8H16ClOSi/c1-3-8(4-2,10-11)6-5-7-9/h3-7H2,1-2H3. The van der Waals surface area contributed by atoms with Crippen molar-refractivity contribution in [3.63, 3.8) is 0 Å². The molecule has 0 atom stereocenters. The second-order valence-corrected chi connectivity index (χ2v) is 3.37. The molecule has 3 radical (unpaired) electrons. The van der Waals surface area contributed by atoms with Gasteiger partial charge in [0.05, 0.1) is 5.60 Å². The van der Waals surface area contributed by atoms with Crippen LogP contribution in [-0.4, -0.2) is 22.0 Å². The van der Waals surface area contributed by atoms with E-state index >= 15 is 0 Å². The van der Waals surface area contributed by atoms with Crippen LogP contribution < -0.4 is 0 Å². The van der Waals surface area contributed by atoms with Crippen LogP contribution in [0.2, 0.25) is 0 Å². The smallest absolute Gasteiger partial charge is 0.247 e. The van der Waals surface area contributed by atoms with Crippen molar-refractivity contribution in [2.24, 2.45) is 0 Å². The van der Waals surface area contributed by atoms with Crippen LogP contribution in [0.15, 0.2) is 0 Å². The van der Waals surface area contributed by atoms with Gasteiger partial charge in [-0.25, -0.2) is 0 Å². The molecule has 0 spiro atoms. The van der Waals surface area contributed by atoms with Crippen molar-refractivity contribution in [1.29, 1.82) is 0 Å². The van der Waals surface area contributed by atoms with Crippen LogP contribution in [0.3, 0.4) is 0 Å². The van der Waals surface area contributed by atoms with Gasteiger partial charge < -0.3 is 4.43 Å². The summed E-state index contributed by atoms with van der Waals surface area (Å²) in [6, 6.07) is 0.